The van der Waals surface area contributed by atoms with Crippen LogP contribution in [0.1, 0.15) is 20.8 Å². The average Bonchev–Trinajstić information content (AvgIpc) is 2.22. The molecule has 1 aliphatic rings. The molecule has 1 rings (SSSR count). The highest BCUT2D eigenvalue weighted by Gasteiger charge is 2.31. The van der Waals surface area contributed by atoms with E-state index in [0.717, 1.165) is 0 Å². The third kappa shape index (κ3) is 4.52. The molecule has 1 fully saturated rings. The quantitative estimate of drug-likeness (QED) is 0.679. The molecule has 0 bridgehead atoms. The first-order valence-corrected chi connectivity index (χ1v) is 7.43. The van der Waals surface area contributed by atoms with E-state index in [2.05, 4.69) is 0 Å². The van der Waals surface area contributed by atoms with E-state index < -0.39 is 13.9 Å². The molecule has 0 aliphatic carbocycles. The van der Waals surface area contributed by atoms with Gasteiger partial charge in [0, 0.05) is 5.92 Å². The Morgan fingerprint density at radius 3 is 2.12 bits per heavy atom. The van der Waals surface area contributed by atoms with Crippen molar-refractivity contribution < 1.29 is 23.1 Å². The Hall–Kier alpha value is 0.0700. The maximum absolute atomic E-state index is 12.2. The molecule has 0 N–H and O–H groups in total. The summed E-state index contributed by atoms with van der Waals surface area (Å²) in [7, 11) is -3.06. The Balaban J connectivity index is 2.45. The van der Waals surface area contributed by atoms with Crippen LogP contribution in [0.3, 0.4) is 0 Å². The van der Waals surface area contributed by atoms with Gasteiger partial charge in [0.1, 0.15) is 6.16 Å². The standard InChI is InChI=1S/C10H21O5P/c1-4-14-16(11,15-5-2)8-10-12-6-9(3)7-13-10/h9-10H,4-8H2,1-3H3. The average molecular weight is 252 g/mol. The van der Waals surface area contributed by atoms with Gasteiger partial charge in [-0.15, -0.1) is 0 Å². The Morgan fingerprint density at radius 2 is 1.69 bits per heavy atom. The van der Waals surface area contributed by atoms with Crippen LogP contribution in [-0.4, -0.2) is 38.9 Å². The zero-order valence-corrected chi connectivity index (χ0v) is 11.1. The minimum absolute atomic E-state index is 0.168. The summed E-state index contributed by atoms with van der Waals surface area (Å²) in [5.41, 5.74) is 0. The minimum Gasteiger partial charge on any atom is -0.352 e. The number of rotatable bonds is 6. The Kier molecular flexibility index (Phi) is 5.94. The van der Waals surface area contributed by atoms with E-state index in [1.807, 2.05) is 6.92 Å². The number of hydrogen-bond acceptors (Lipinski definition) is 5. The highest BCUT2D eigenvalue weighted by Crippen LogP contribution is 2.49. The van der Waals surface area contributed by atoms with Crippen molar-refractivity contribution in [2.75, 3.05) is 32.6 Å². The summed E-state index contributed by atoms with van der Waals surface area (Å²) in [6.45, 7) is 7.60. The highest BCUT2D eigenvalue weighted by atomic mass is 31.2. The van der Waals surface area contributed by atoms with Crippen LogP contribution >= 0.6 is 7.60 Å². The summed E-state index contributed by atoms with van der Waals surface area (Å²) in [5.74, 6) is 0.384. The molecule has 5 nitrogen and oxygen atoms in total. The number of hydrogen-bond donors (Lipinski definition) is 0. The third-order valence-electron chi connectivity index (χ3n) is 2.16. The van der Waals surface area contributed by atoms with Crippen LogP contribution in [-0.2, 0) is 23.1 Å². The molecule has 0 saturated carbocycles. The summed E-state index contributed by atoms with van der Waals surface area (Å²) in [6, 6.07) is 0. The molecule has 1 heterocycles. The van der Waals surface area contributed by atoms with Crippen molar-refractivity contribution in [2.45, 2.75) is 27.1 Å². The second-order valence-electron chi connectivity index (χ2n) is 3.83. The van der Waals surface area contributed by atoms with E-state index in [4.69, 9.17) is 18.5 Å². The summed E-state index contributed by atoms with van der Waals surface area (Å²) in [6.07, 6.45) is -0.304. The third-order valence-corrected chi connectivity index (χ3v) is 4.21. The van der Waals surface area contributed by atoms with Gasteiger partial charge in [-0.25, -0.2) is 0 Å². The van der Waals surface area contributed by atoms with Crippen LogP contribution in [0.5, 0.6) is 0 Å². The van der Waals surface area contributed by atoms with Gasteiger partial charge in [0.25, 0.3) is 0 Å². The fourth-order valence-electron chi connectivity index (χ4n) is 1.46. The van der Waals surface area contributed by atoms with Crippen molar-refractivity contribution >= 4 is 7.60 Å². The van der Waals surface area contributed by atoms with Crippen LogP contribution in [0.25, 0.3) is 0 Å². The fourth-order valence-corrected chi connectivity index (χ4v) is 3.11. The molecule has 16 heavy (non-hydrogen) atoms. The Labute approximate surface area is 96.9 Å². The molecule has 1 aliphatic heterocycles. The topological polar surface area (TPSA) is 54.0 Å². The lowest BCUT2D eigenvalue weighted by molar-refractivity contribution is -0.186. The molecule has 0 aromatic heterocycles. The first-order chi connectivity index (χ1) is 7.59. The summed E-state index contributed by atoms with van der Waals surface area (Å²) >= 11 is 0. The van der Waals surface area contributed by atoms with E-state index in [1.54, 1.807) is 13.8 Å². The van der Waals surface area contributed by atoms with Crippen molar-refractivity contribution in [3.8, 4) is 0 Å². The van der Waals surface area contributed by atoms with Gasteiger partial charge in [0.05, 0.1) is 26.4 Å². The predicted molar refractivity (Wildman–Crippen MR) is 60.6 cm³/mol. The fraction of sp³-hybridized carbons (Fsp3) is 1.00. The first kappa shape index (κ1) is 14.1. The molecule has 0 radical (unpaired) electrons. The van der Waals surface area contributed by atoms with E-state index in [1.165, 1.54) is 0 Å². The molecular formula is C10H21O5P. The van der Waals surface area contributed by atoms with Crippen LogP contribution in [0.2, 0.25) is 0 Å². The summed E-state index contributed by atoms with van der Waals surface area (Å²) in [5, 5.41) is 0. The SMILES string of the molecule is CCOP(=O)(CC1OCC(C)CO1)OCC. The van der Waals surface area contributed by atoms with Gasteiger partial charge in [0.2, 0.25) is 0 Å². The lowest BCUT2D eigenvalue weighted by Crippen LogP contribution is -2.33. The van der Waals surface area contributed by atoms with E-state index in [9.17, 15) is 4.57 Å². The monoisotopic (exact) mass is 252 g/mol. The molecule has 0 spiro atoms. The predicted octanol–water partition coefficient (Wildman–Crippen LogP) is 2.26. The second-order valence-corrected chi connectivity index (χ2v) is 5.93. The first-order valence-electron chi connectivity index (χ1n) is 5.71. The summed E-state index contributed by atoms with van der Waals surface area (Å²) in [4.78, 5) is 0. The van der Waals surface area contributed by atoms with Crippen LogP contribution in [0, 0.1) is 5.92 Å². The van der Waals surface area contributed by atoms with Gasteiger partial charge >= 0.3 is 7.60 Å². The van der Waals surface area contributed by atoms with Crippen molar-refractivity contribution in [3.05, 3.63) is 0 Å². The minimum atomic E-state index is -3.06. The van der Waals surface area contributed by atoms with Gasteiger partial charge in [0.15, 0.2) is 6.29 Å². The van der Waals surface area contributed by atoms with Gasteiger partial charge in [-0.1, -0.05) is 6.92 Å². The van der Waals surface area contributed by atoms with Crippen molar-refractivity contribution in [2.24, 2.45) is 5.92 Å². The molecule has 0 atom stereocenters. The summed E-state index contributed by atoms with van der Waals surface area (Å²) < 4.78 is 33.4. The van der Waals surface area contributed by atoms with Gasteiger partial charge < -0.3 is 18.5 Å². The van der Waals surface area contributed by atoms with Crippen molar-refractivity contribution in [1.82, 2.24) is 0 Å². The van der Waals surface area contributed by atoms with Crippen LogP contribution in [0.4, 0.5) is 0 Å². The molecule has 6 heteroatoms. The number of ether oxygens (including phenoxy) is 2. The van der Waals surface area contributed by atoms with Crippen molar-refractivity contribution in [1.29, 1.82) is 0 Å². The van der Waals surface area contributed by atoms with E-state index >= 15 is 0 Å². The zero-order valence-electron chi connectivity index (χ0n) is 10.2. The smallest absolute Gasteiger partial charge is 0.335 e. The molecule has 0 aromatic carbocycles. The zero-order chi connectivity index (χ0) is 12.0. The molecule has 0 unspecified atom stereocenters. The highest BCUT2D eigenvalue weighted by molar-refractivity contribution is 7.53. The van der Waals surface area contributed by atoms with E-state index in [-0.39, 0.29) is 6.16 Å². The van der Waals surface area contributed by atoms with E-state index in [0.29, 0.717) is 32.3 Å². The van der Waals surface area contributed by atoms with Gasteiger partial charge in [-0.3, -0.25) is 4.57 Å². The molecule has 96 valence electrons. The lowest BCUT2D eigenvalue weighted by Gasteiger charge is -2.29. The normalized spacial score (nSPS) is 26.9. The Bertz CT molecular complexity index is 227. The molecule has 1 saturated heterocycles. The van der Waals surface area contributed by atoms with Gasteiger partial charge in [-0.2, -0.15) is 0 Å². The largest absolute Gasteiger partial charge is 0.352 e. The maximum atomic E-state index is 12.2. The molecular weight excluding hydrogens is 231 g/mol. The Morgan fingerprint density at radius 1 is 1.19 bits per heavy atom. The van der Waals surface area contributed by atoms with Crippen molar-refractivity contribution in [3.63, 3.8) is 0 Å². The molecule has 0 amide bonds. The second kappa shape index (κ2) is 6.72. The molecule has 0 aromatic rings. The lowest BCUT2D eigenvalue weighted by atomic mass is 10.2. The van der Waals surface area contributed by atoms with Crippen LogP contribution in [0.15, 0.2) is 0 Å². The van der Waals surface area contributed by atoms with Gasteiger partial charge in [-0.05, 0) is 13.8 Å². The van der Waals surface area contributed by atoms with Crippen LogP contribution < -0.4 is 0 Å². The maximum Gasteiger partial charge on any atom is 0.335 e.